The van der Waals surface area contributed by atoms with E-state index in [2.05, 4.69) is 5.32 Å². The number of ketones is 2. The molecule has 0 aliphatic rings. The van der Waals surface area contributed by atoms with Crippen molar-refractivity contribution in [2.45, 2.75) is 33.6 Å². The summed E-state index contributed by atoms with van der Waals surface area (Å²) in [5.41, 5.74) is 3.75. The van der Waals surface area contributed by atoms with Crippen LogP contribution in [0.4, 0.5) is 5.69 Å². The number of hydrogen-bond donors (Lipinski definition) is 1. The molecule has 0 aliphatic heterocycles. The van der Waals surface area contributed by atoms with Gasteiger partial charge in [0.25, 0.3) is 0 Å². The van der Waals surface area contributed by atoms with Crippen molar-refractivity contribution < 1.29 is 14.4 Å². The minimum Gasteiger partial charge on any atom is -0.325 e. The second-order valence-corrected chi connectivity index (χ2v) is 5.87. The van der Waals surface area contributed by atoms with E-state index in [1.54, 1.807) is 30.3 Å². The van der Waals surface area contributed by atoms with Gasteiger partial charge in [0.05, 0.1) is 5.69 Å². The molecule has 0 fully saturated rings. The normalized spacial score (nSPS) is 10.3. The summed E-state index contributed by atoms with van der Waals surface area (Å²) >= 11 is 0. The Labute approximate surface area is 141 Å². The predicted octanol–water partition coefficient (Wildman–Crippen LogP) is 4.11. The summed E-state index contributed by atoms with van der Waals surface area (Å²) in [5, 5.41) is 2.71. The number of aryl methyl sites for hydroxylation is 2. The van der Waals surface area contributed by atoms with Gasteiger partial charge in [-0.05, 0) is 50.1 Å². The van der Waals surface area contributed by atoms with Crippen molar-refractivity contribution >= 4 is 23.2 Å². The van der Waals surface area contributed by atoms with Crippen LogP contribution >= 0.6 is 0 Å². The van der Waals surface area contributed by atoms with E-state index in [4.69, 9.17) is 0 Å². The molecule has 0 saturated carbocycles. The van der Waals surface area contributed by atoms with Crippen LogP contribution in [0.3, 0.4) is 0 Å². The molecule has 0 atom stereocenters. The topological polar surface area (TPSA) is 63.2 Å². The highest BCUT2D eigenvalue weighted by Crippen LogP contribution is 2.17. The summed E-state index contributed by atoms with van der Waals surface area (Å²) < 4.78 is 0. The van der Waals surface area contributed by atoms with Crippen LogP contribution in [0.2, 0.25) is 0 Å². The molecule has 4 nitrogen and oxygen atoms in total. The Bertz CT molecular complexity index is 793. The molecule has 1 amide bonds. The molecular formula is C20H21NO3. The number of para-hydroxylation sites is 1. The quantitative estimate of drug-likeness (QED) is 0.814. The van der Waals surface area contributed by atoms with Crippen LogP contribution in [0, 0.1) is 13.8 Å². The molecule has 4 heteroatoms. The van der Waals surface area contributed by atoms with Gasteiger partial charge in [0.15, 0.2) is 11.6 Å². The van der Waals surface area contributed by atoms with Crippen LogP contribution in [-0.2, 0) is 4.79 Å². The molecule has 0 saturated heterocycles. The van der Waals surface area contributed by atoms with E-state index in [-0.39, 0.29) is 30.3 Å². The minimum atomic E-state index is -0.277. The highest BCUT2D eigenvalue weighted by atomic mass is 16.2. The zero-order valence-electron chi connectivity index (χ0n) is 14.2. The Morgan fingerprint density at radius 3 is 2.29 bits per heavy atom. The fourth-order valence-corrected chi connectivity index (χ4v) is 2.40. The first kappa shape index (κ1) is 17.6. The van der Waals surface area contributed by atoms with Crippen molar-refractivity contribution in [2.24, 2.45) is 0 Å². The number of nitrogens with one attached hydrogen (secondary N) is 1. The van der Waals surface area contributed by atoms with Crippen LogP contribution in [0.1, 0.15) is 51.6 Å². The van der Waals surface area contributed by atoms with Gasteiger partial charge in [0, 0.05) is 24.0 Å². The van der Waals surface area contributed by atoms with Gasteiger partial charge in [-0.15, -0.1) is 0 Å². The van der Waals surface area contributed by atoms with E-state index in [9.17, 15) is 14.4 Å². The van der Waals surface area contributed by atoms with E-state index in [1.807, 2.05) is 26.0 Å². The number of benzene rings is 2. The lowest BCUT2D eigenvalue weighted by molar-refractivity contribution is -0.116. The standard InChI is InChI=1S/C20H21NO3/c1-13-8-9-16(12-14(13)2)19(23)10-11-20(24)21-18-7-5-4-6-17(18)15(3)22/h4-9,12H,10-11H2,1-3H3,(H,21,24). The lowest BCUT2D eigenvalue weighted by atomic mass is 10.0. The fraction of sp³-hybridized carbons (Fsp3) is 0.250. The lowest BCUT2D eigenvalue weighted by Gasteiger charge is -2.09. The Balaban J connectivity index is 1.97. The van der Waals surface area contributed by atoms with Gasteiger partial charge in [-0.1, -0.05) is 24.3 Å². The summed E-state index contributed by atoms with van der Waals surface area (Å²) in [4.78, 5) is 35.8. The average Bonchev–Trinajstić information content (AvgIpc) is 2.55. The third-order valence-electron chi connectivity index (χ3n) is 3.99. The van der Waals surface area contributed by atoms with Gasteiger partial charge in [-0.3, -0.25) is 14.4 Å². The first-order valence-corrected chi connectivity index (χ1v) is 7.88. The first-order chi connectivity index (χ1) is 11.4. The van der Waals surface area contributed by atoms with E-state index in [0.29, 0.717) is 16.8 Å². The highest BCUT2D eigenvalue weighted by Gasteiger charge is 2.12. The summed E-state index contributed by atoms with van der Waals surface area (Å²) in [6, 6.07) is 12.4. The molecule has 0 unspecified atom stereocenters. The Kier molecular flexibility index (Phi) is 5.64. The second-order valence-electron chi connectivity index (χ2n) is 5.87. The molecule has 0 radical (unpaired) electrons. The molecule has 2 rings (SSSR count). The molecular weight excluding hydrogens is 302 g/mol. The van der Waals surface area contributed by atoms with Crippen molar-refractivity contribution in [3.05, 3.63) is 64.7 Å². The molecule has 2 aromatic rings. The van der Waals surface area contributed by atoms with Crippen molar-refractivity contribution in [2.75, 3.05) is 5.32 Å². The molecule has 0 aromatic heterocycles. The van der Waals surface area contributed by atoms with Crippen molar-refractivity contribution in [1.82, 2.24) is 0 Å². The number of hydrogen-bond acceptors (Lipinski definition) is 3. The van der Waals surface area contributed by atoms with Crippen LogP contribution in [0.5, 0.6) is 0 Å². The summed E-state index contributed by atoms with van der Waals surface area (Å²) in [6.07, 6.45) is 0.217. The molecule has 2 aromatic carbocycles. The maximum Gasteiger partial charge on any atom is 0.224 e. The van der Waals surface area contributed by atoms with Crippen molar-refractivity contribution in [3.8, 4) is 0 Å². The third kappa shape index (κ3) is 4.38. The van der Waals surface area contributed by atoms with Gasteiger partial charge < -0.3 is 5.32 Å². The highest BCUT2D eigenvalue weighted by molar-refractivity contribution is 6.05. The van der Waals surface area contributed by atoms with Crippen LogP contribution in [-0.4, -0.2) is 17.5 Å². The molecule has 1 N–H and O–H groups in total. The Hall–Kier alpha value is -2.75. The predicted molar refractivity (Wildman–Crippen MR) is 94.6 cm³/mol. The summed E-state index contributed by atoms with van der Waals surface area (Å²) in [6.45, 7) is 5.40. The smallest absolute Gasteiger partial charge is 0.224 e. The molecule has 0 spiro atoms. The zero-order valence-corrected chi connectivity index (χ0v) is 14.2. The van der Waals surface area contributed by atoms with Gasteiger partial charge in [-0.25, -0.2) is 0 Å². The number of rotatable bonds is 6. The second kappa shape index (κ2) is 7.68. The average molecular weight is 323 g/mol. The van der Waals surface area contributed by atoms with Gasteiger partial charge >= 0.3 is 0 Å². The fourth-order valence-electron chi connectivity index (χ4n) is 2.40. The van der Waals surface area contributed by atoms with Crippen LogP contribution in [0.25, 0.3) is 0 Å². The third-order valence-corrected chi connectivity index (χ3v) is 3.99. The van der Waals surface area contributed by atoms with Crippen molar-refractivity contribution in [1.29, 1.82) is 0 Å². The number of carbonyl (C=O) groups excluding carboxylic acids is 3. The van der Waals surface area contributed by atoms with Crippen molar-refractivity contribution in [3.63, 3.8) is 0 Å². The van der Waals surface area contributed by atoms with E-state index in [1.165, 1.54) is 6.92 Å². The lowest BCUT2D eigenvalue weighted by Crippen LogP contribution is -2.15. The zero-order chi connectivity index (χ0) is 17.7. The minimum absolute atomic E-state index is 0.0619. The van der Waals surface area contributed by atoms with Gasteiger partial charge in [0.2, 0.25) is 5.91 Å². The molecule has 24 heavy (non-hydrogen) atoms. The summed E-state index contributed by atoms with van der Waals surface area (Å²) in [7, 11) is 0. The number of carbonyl (C=O) groups is 3. The maximum atomic E-state index is 12.2. The number of anilines is 1. The van der Waals surface area contributed by atoms with E-state index >= 15 is 0 Å². The van der Waals surface area contributed by atoms with E-state index < -0.39 is 0 Å². The molecule has 0 aliphatic carbocycles. The monoisotopic (exact) mass is 323 g/mol. The van der Waals surface area contributed by atoms with Crippen LogP contribution < -0.4 is 5.32 Å². The van der Waals surface area contributed by atoms with E-state index in [0.717, 1.165) is 11.1 Å². The van der Waals surface area contributed by atoms with Gasteiger partial charge in [-0.2, -0.15) is 0 Å². The maximum absolute atomic E-state index is 12.2. The number of amides is 1. The van der Waals surface area contributed by atoms with Gasteiger partial charge in [0.1, 0.15) is 0 Å². The Morgan fingerprint density at radius 2 is 1.62 bits per heavy atom. The van der Waals surface area contributed by atoms with Crippen LogP contribution in [0.15, 0.2) is 42.5 Å². The largest absolute Gasteiger partial charge is 0.325 e. The number of Topliss-reactive ketones (excluding diaryl/α,β-unsaturated/α-hetero) is 2. The summed E-state index contributed by atoms with van der Waals surface area (Å²) in [5.74, 6) is -0.453. The SMILES string of the molecule is CC(=O)c1ccccc1NC(=O)CCC(=O)c1ccc(C)c(C)c1. The Morgan fingerprint density at radius 1 is 0.917 bits per heavy atom. The molecule has 0 bridgehead atoms. The first-order valence-electron chi connectivity index (χ1n) is 7.88. The molecule has 124 valence electrons. The molecule has 0 heterocycles.